The Morgan fingerprint density at radius 1 is 1.07 bits per heavy atom. The van der Waals surface area contributed by atoms with Gasteiger partial charge in [0, 0.05) is 33.8 Å². The number of alkyl halides is 3. The van der Waals surface area contributed by atoms with Crippen LogP contribution in [-0.2, 0) is 6.18 Å². The first-order chi connectivity index (χ1) is 19.5. The number of methoxy groups -OCH3 is 1. The van der Waals surface area contributed by atoms with Gasteiger partial charge in [0.05, 0.1) is 42.5 Å². The Balaban J connectivity index is 1.60. The lowest BCUT2D eigenvalue weighted by Gasteiger charge is -2.21. The Kier molecular flexibility index (Phi) is 7.26. The number of halogens is 4. The second-order valence-corrected chi connectivity index (χ2v) is 9.55. The molecule has 0 saturated heterocycles. The maximum absolute atomic E-state index is 13.5. The number of aromatic carboxylic acids is 1. The predicted molar refractivity (Wildman–Crippen MR) is 145 cm³/mol. The fourth-order valence-electron chi connectivity index (χ4n) is 4.60. The minimum atomic E-state index is -4.69. The lowest BCUT2D eigenvalue weighted by Crippen LogP contribution is -2.25. The average molecular weight is 584 g/mol. The number of ether oxygens (including phenoxy) is 1. The van der Waals surface area contributed by atoms with E-state index in [1.807, 2.05) is 6.92 Å². The van der Waals surface area contributed by atoms with Crippen molar-refractivity contribution < 1.29 is 27.8 Å². The van der Waals surface area contributed by atoms with E-state index in [1.165, 1.54) is 54.3 Å². The molecule has 1 unspecified atom stereocenters. The van der Waals surface area contributed by atoms with Gasteiger partial charge in [0.2, 0.25) is 0 Å². The number of benzene rings is 2. The van der Waals surface area contributed by atoms with E-state index in [-0.39, 0.29) is 27.6 Å². The van der Waals surface area contributed by atoms with E-state index in [9.17, 15) is 27.9 Å². The summed E-state index contributed by atoms with van der Waals surface area (Å²) in [7, 11) is 1.41. The molecule has 0 radical (unpaired) electrons. The van der Waals surface area contributed by atoms with Gasteiger partial charge in [0.25, 0.3) is 5.56 Å². The summed E-state index contributed by atoms with van der Waals surface area (Å²) >= 11 is 6.24. The maximum atomic E-state index is 13.5. The molecule has 9 nitrogen and oxygen atoms in total. The van der Waals surface area contributed by atoms with Crippen LogP contribution in [0.1, 0.15) is 41.1 Å². The Labute approximate surface area is 235 Å². The molecule has 210 valence electrons. The summed E-state index contributed by atoms with van der Waals surface area (Å²) in [5.41, 5.74) is -0.0786. The van der Waals surface area contributed by atoms with Crippen molar-refractivity contribution in [3.8, 4) is 22.6 Å². The minimum absolute atomic E-state index is 0.136. The molecule has 13 heteroatoms. The van der Waals surface area contributed by atoms with Crippen LogP contribution in [-0.4, -0.2) is 42.7 Å². The third-order valence-electron chi connectivity index (χ3n) is 6.60. The summed E-state index contributed by atoms with van der Waals surface area (Å²) in [4.78, 5) is 29.3. The molecular weight excluding hydrogens is 563 g/mol. The van der Waals surface area contributed by atoms with Gasteiger partial charge in [-0.2, -0.15) is 13.2 Å². The highest BCUT2D eigenvalue weighted by molar-refractivity contribution is 6.31. The molecule has 0 bridgehead atoms. The van der Waals surface area contributed by atoms with Gasteiger partial charge in [0.15, 0.2) is 5.69 Å². The summed E-state index contributed by atoms with van der Waals surface area (Å²) < 4.78 is 47.6. The lowest BCUT2D eigenvalue weighted by atomic mass is 10.0. The van der Waals surface area contributed by atoms with Crippen LogP contribution in [0.3, 0.4) is 0 Å². The second kappa shape index (κ2) is 10.7. The van der Waals surface area contributed by atoms with E-state index in [0.29, 0.717) is 23.1 Å². The van der Waals surface area contributed by atoms with Crippen LogP contribution in [0.5, 0.6) is 5.75 Å². The Morgan fingerprint density at radius 3 is 2.51 bits per heavy atom. The monoisotopic (exact) mass is 583 g/mol. The Morgan fingerprint density at radius 2 is 1.85 bits per heavy atom. The standard InChI is InChI=1S/C28H21ClF3N5O4/c1-3-22(21-9-15-4-5-16(27(39)40)8-17(15)12-33-21)36-13-24(41-2)20(11-26(36)38)19-10-18(29)6-7-23(19)37-14-25(34-35-37)28(30,31)32/h4-14,22H,3H2,1-2H3,(H,39,40). The van der Waals surface area contributed by atoms with Crippen LogP contribution in [0.4, 0.5) is 13.2 Å². The van der Waals surface area contributed by atoms with Gasteiger partial charge >= 0.3 is 12.1 Å². The van der Waals surface area contributed by atoms with Crippen LogP contribution >= 0.6 is 11.6 Å². The molecule has 0 spiro atoms. The second-order valence-electron chi connectivity index (χ2n) is 9.11. The molecule has 5 aromatic rings. The Bertz CT molecular complexity index is 1850. The molecule has 0 saturated carbocycles. The molecule has 0 aliphatic rings. The first kappa shape index (κ1) is 27.8. The molecule has 3 heterocycles. The summed E-state index contributed by atoms with van der Waals surface area (Å²) in [6.45, 7) is 1.88. The number of carboxylic acid groups (broad SMARTS) is 1. The highest BCUT2D eigenvalue weighted by Crippen LogP contribution is 2.37. The van der Waals surface area contributed by atoms with Crippen LogP contribution in [0, 0.1) is 0 Å². The molecule has 0 aliphatic heterocycles. The zero-order chi connectivity index (χ0) is 29.5. The molecule has 3 aromatic heterocycles. The van der Waals surface area contributed by atoms with Crippen LogP contribution in [0.25, 0.3) is 27.6 Å². The molecule has 1 N–H and O–H groups in total. The van der Waals surface area contributed by atoms with E-state index in [4.69, 9.17) is 16.3 Å². The normalized spacial score (nSPS) is 12.4. The fourth-order valence-corrected chi connectivity index (χ4v) is 4.77. The van der Waals surface area contributed by atoms with Gasteiger partial charge in [0.1, 0.15) is 5.75 Å². The number of nitrogens with zero attached hydrogens (tertiary/aromatic N) is 5. The number of carbonyl (C=O) groups is 1. The number of hydrogen-bond donors (Lipinski definition) is 1. The first-order valence-electron chi connectivity index (χ1n) is 12.2. The molecule has 0 fully saturated rings. The minimum Gasteiger partial charge on any atom is -0.495 e. The zero-order valence-electron chi connectivity index (χ0n) is 21.6. The van der Waals surface area contributed by atoms with E-state index in [1.54, 1.807) is 18.3 Å². The van der Waals surface area contributed by atoms with Crippen LogP contribution in [0.15, 0.2) is 71.9 Å². The molecule has 2 aromatic carbocycles. The molecule has 0 aliphatic carbocycles. The highest BCUT2D eigenvalue weighted by Gasteiger charge is 2.35. The van der Waals surface area contributed by atoms with Gasteiger partial charge < -0.3 is 14.4 Å². The van der Waals surface area contributed by atoms with Crippen molar-refractivity contribution in [3.05, 3.63) is 99.4 Å². The van der Waals surface area contributed by atoms with Crippen LogP contribution in [0.2, 0.25) is 5.02 Å². The van der Waals surface area contributed by atoms with Crippen LogP contribution < -0.4 is 10.3 Å². The highest BCUT2D eigenvalue weighted by atomic mass is 35.5. The number of rotatable bonds is 7. The van der Waals surface area contributed by atoms with Gasteiger partial charge in [-0.3, -0.25) is 9.78 Å². The van der Waals surface area contributed by atoms with E-state index in [2.05, 4.69) is 15.3 Å². The quantitative estimate of drug-likeness (QED) is 0.249. The van der Waals surface area contributed by atoms with E-state index >= 15 is 0 Å². The summed E-state index contributed by atoms with van der Waals surface area (Å²) in [6, 6.07) is 11.8. The van der Waals surface area contributed by atoms with E-state index in [0.717, 1.165) is 16.3 Å². The topological polar surface area (TPSA) is 112 Å². The maximum Gasteiger partial charge on any atom is 0.436 e. The molecule has 0 amide bonds. The third-order valence-corrected chi connectivity index (χ3v) is 6.83. The molecule has 5 rings (SSSR count). The first-order valence-corrected chi connectivity index (χ1v) is 12.6. The van der Waals surface area contributed by atoms with Crippen molar-refractivity contribution in [1.29, 1.82) is 0 Å². The average Bonchev–Trinajstić information content (AvgIpc) is 3.44. The number of carboxylic acids is 1. The third kappa shape index (κ3) is 5.38. The van der Waals surface area contributed by atoms with Gasteiger partial charge in [-0.15, -0.1) is 5.10 Å². The van der Waals surface area contributed by atoms with Crippen molar-refractivity contribution >= 4 is 28.3 Å². The summed E-state index contributed by atoms with van der Waals surface area (Å²) in [5.74, 6) is -0.789. The SMILES string of the molecule is CCC(c1cc2ccc(C(=O)O)cc2cn1)n1cc(OC)c(-c2cc(Cl)ccc2-n2cc(C(F)(F)F)nn2)cc1=O. The number of aromatic nitrogens is 5. The van der Waals surface area contributed by atoms with Crippen molar-refractivity contribution in [1.82, 2.24) is 24.5 Å². The molecule has 41 heavy (non-hydrogen) atoms. The lowest BCUT2D eigenvalue weighted by molar-refractivity contribution is -0.141. The smallest absolute Gasteiger partial charge is 0.436 e. The number of pyridine rings is 2. The number of fused-ring (bicyclic) bond motifs is 1. The summed E-state index contributed by atoms with van der Waals surface area (Å²) in [5, 5.41) is 17.8. The van der Waals surface area contributed by atoms with Crippen molar-refractivity contribution in [2.45, 2.75) is 25.6 Å². The Hall–Kier alpha value is -4.71. The number of hydrogen-bond acceptors (Lipinski definition) is 6. The largest absolute Gasteiger partial charge is 0.495 e. The molecule has 1 atom stereocenters. The fraction of sp³-hybridized carbons (Fsp3) is 0.179. The zero-order valence-corrected chi connectivity index (χ0v) is 22.3. The predicted octanol–water partition coefficient (Wildman–Crippen LogP) is 6.02. The van der Waals surface area contributed by atoms with Crippen molar-refractivity contribution in [3.63, 3.8) is 0 Å². The van der Waals surface area contributed by atoms with Gasteiger partial charge in [-0.25, -0.2) is 9.48 Å². The molecular formula is C28H21ClF3N5O4. The van der Waals surface area contributed by atoms with Crippen molar-refractivity contribution in [2.24, 2.45) is 0 Å². The van der Waals surface area contributed by atoms with Gasteiger partial charge in [-0.05, 0) is 48.2 Å². The van der Waals surface area contributed by atoms with E-state index < -0.39 is 29.4 Å². The van der Waals surface area contributed by atoms with Gasteiger partial charge in [-0.1, -0.05) is 29.8 Å². The van der Waals surface area contributed by atoms with Crippen molar-refractivity contribution in [2.75, 3.05) is 7.11 Å². The summed E-state index contributed by atoms with van der Waals surface area (Å²) in [6.07, 6.45) is -0.387.